The summed E-state index contributed by atoms with van der Waals surface area (Å²) in [5.74, 6) is 0.370. The second kappa shape index (κ2) is 7.64. The predicted molar refractivity (Wildman–Crippen MR) is 79.2 cm³/mol. The van der Waals surface area contributed by atoms with E-state index < -0.39 is 0 Å². The van der Waals surface area contributed by atoms with Crippen LogP contribution in [-0.2, 0) is 0 Å². The Labute approximate surface area is 121 Å². The Balaban J connectivity index is 2.99. The van der Waals surface area contributed by atoms with Crippen molar-refractivity contribution in [2.45, 2.75) is 46.6 Å². The molecule has 4 heteroatoms. The molecule has 0 saturated heterocycles. The van der Waals surface area contributed by atoms with E-state index in [-0.39, 0.29) is 11.9 Å². The molecule has 0 aliphatic heterocycles. The fourth-order valence-electron chi connectivity index (χ4n) is 2.25. The van der Waals surface area contributed by atoms with Crippen molar-refractivity contribution in [3.8, 4) is 6.07 Å². The largest absolute Gasteiger partial charge is 0.334 e. The van der Waals surface area contributed by atoms with Gasteiger partial charge in [0, 0.05) is 18.8 Å². The SMILES string of the molecule is CCC(CC)N(CC(C)C)C(=O)c1ccc(C#N)cn1. The number of carbonyl (C=O) groups is 1. The van der Waals surface area contributed by atoms with Gasteiger partial charge in [0.2, 0.25) is 0 Å². The molecule has 0 bridgehead atoms. The topological polar surface area (TPSA) is 57.0 Å². The summed E-state index contributed by atoms with van der Waals surface area (Å²) in [5.41, 5.74) is 0.885. The van der Waals surface area contributed by atoms with Crippen LogP contribution in [0.3, 0.4) is 0 Å². The van der Waals surface area contributed by atoms with Gasteiger partial charge in [-0.1, -0.05) is 27.7 Å². The van der Waals surface area contributed by atoms with Crippen molar-refractivity contribution in [2.75, 3.05) is 6.54 Å². The molecule has 0 radical (unpaired) electrons. The van der Waals surface area contributed by atoms with Gasteiger partial charge in [-0.25, -0.2) is 4.98 Å². The number of rotatable bonds is 6. The number of hydrogen-bond acceptors (Lipinski definition) is 3. The zero-order valence-corrected chi connectivity index (χ0v) is 12.8. The first-order valence-electron chi connectivity index (χ1n) is 7.20. The number of hydrogen-bond donors (Lipinski definition) is 0. The molecule has 0 aromatic carbocycles. The molecule has 0 fully saturated rings. The number of amides is 1. The lowest BCUT2D eigenvalue weighted by Gasteiger charge is -2.31. The van der Waals surface area contributed by atoms with Gasteiger partial charge in [0.25, 0.3) is 5.91 Å². The Bertz CT molecular complexity index is 469. The van der Waals surface area contributed by atoms with Crippen LogP contribution in [0.5, 0.6) is 0 Å². The van der Waals surface area contributed by atoms with Crippen LogP contribution >= 0.6 is 0 Å². The van der Waals surface area contributed by atoms with E-state index in [9.17, 15) is 4.79 Å². The van der Waals surface area contributed by atoms with E-state index in [0.29, 0.717) is 17.2 Å². The Morgan fingerprint density at radius 2 is 2.00 bits per heavy atom. The van der Waals surface area contributed by atoms with Crippen molar-refractivity contribution in [3.05, 3.63) is 29.6 Å². The van der Waals surface area contributed by atoms with Crippen LogP contribution in [-0.4, -0.2) is 28.4 Å². The van der Waals surface area contributed by atoms with Crippen LogP contribution in [0, 0.1) is 17.2 Å². The molecule has 1 aromatic heterocycles. The summed E-state index contributed by atoms with van der Waals surface area (Å²) in [6, 6.07) is 5.53. The molecule has 0 saturated carbocycles. The molecule has 0 aliphatic carbocycles. The van der Waals surface area contributed by atoms with Gasteiger partial charge in [0.15, 0.2) is 0 Å². The third-order valence-electron chi connectivity index (χ3n) is 3.32. The van der Waals surface area contributed by atoms with Crippen molar-refractivity contribution in [2.24, 2.45) is 5.92 Å². The molecule has 1 amide bonds. The summed E-state index contributed by atoms with van der Waals surface area (Å²) in [4.78, 5) is 18.7. The van der Waals surface area contributed by atoms with Crippen LogP contribution in [0.15, 0.2) is 18.3 Å². The molecule has 0 N–H and O–H groups in total. The number of nitriles is 1. The third kappa shape index (κ3) is 4.06. The van der Waals surface area contributed by atoms with Gasteiger partial charge in [0.1, 0.15) is 11.8 Å². The lowest BCUT2D eigenvalue weighted by molar-refractivity contribution is 0.0634. The molecule has 0 aliphatic rings. The molecule has 0 spiro atoms. The molecule has 1 aromatic rings. The molecular formula is C16H23N3O. The summed E-state index contributed by atoms with van der Waals surface area (Å²) < 4.78 is 0. The van der Waals surface area contributed by atoms with E-state index >= 15 is 0 Å². The summed E-state index contributed by atoms with van der Waals surface area (Å²) in [5, 5.41) is 8.77. The Morgan fingerprint density at radius 1 is 1.35 bits per heavy atom. The van der Waals surface area contributed by atoms with Crippen molar-refractivity contribution < 1.29 is 4.79 Å². The molecule has 0 unspecified atom stereocenters. The third-order valence-corrected chi connectivity index (χ3v) is 3.32. The highest BCUT2D eigenvalue weighted by atomic mass is 16.2. The Hall–Kier alpha value is -1.89. The minimum absolute atomic E-state index is 0.0445. The maximum atomic E-state index is 12.6. The van der Waals surface area contributed by atoms with Gasteiger partial charge in [0.05, 0.1) is 5.56 Å². The van der Waals surface area contributed by atoms with E-state index in [1.165, 1.54) is 6.20 Å². The smallest absolute Gasteiger partial charge is 0.272 e. The molecule has 4 nitrogen and oxygen atoms in total. The number of aromatic nitrogens is 1. The zero-order chi connectivity index (χ0) is 15.1. The van der Waals surface area contributed by atoms with Crippen LogP contribution in [0.2, 0.25) is 0 Å². The fraction of sp³-hybridized carbons (Fsp3) is 0.562. The number of carbonyl (C=O) groups excluding carboxylic acids is 1. The van der Waals surface area contributed by atoms with Crippen LogP contribution in [0.4, 0.5) is 0 Å². The molecule has 1 heterocycles. The van der Waals surface area contributed by atoms with E-state index in [1.807, 2.05) is 11.0 Å². The summed E-state index contributed by atoms with van der Waals surface area (Å²) >= 11 is 0. The number of nitrogens with zero attached hydrogens (tertiary/aromatic N) is 3. The van der Waals surface area contributed by atoms with Crippen LogP contribution < -0.4 is 0 Å². The normalized spacial score (nSPS) is 10.7. The average Bonchev–Trinajstić information content (AvgIpc) is 2.46. The highest BCUT2D eigenvalue weighted by molar-refractivity contribution is 5.92. The van der Waals surface area contributed by atoms with Crippen molar-refractivity contribution >= 4 is 5.91 Å². The number of pyridine rings is 1. The van der Waals surface area contributed by atoms with Gasteiger partial charge < -0.3 is 4.90 Å². The monoisotopic (exact) mass is 273 g/mol. The van der Waals surface area contributed by atoms with E-state index in [2.05, 4.69) is 32.7 Å². The Kier molecular flexibility index (Phi) is 6.17. The van der Waals surface area contributed by atoms with Gasteiger partial charge >= 0.3 is 0 Å². The molecule has 108 valence electrons. The lowest BCUT2D eigenvalue weighted by Crippen LogP contribution is -2.42. The lowest BCUT2D eigenvalue weighted by atomic mass is 10.1. The van der Waals surface area contributed by atoms with Gasteiger partial charge in [-0.15, -0.1) is 0 Å². The van der Waals surface area contributed by atoms with Crippen molar-refractivity contribution in [1.29, 1.82) is 5.26 Å². The van der Waals surface area contributed by atoms with Crippen LogP contribution in [0.25, 0.3) is 0 Å². The first-order chi connectivity index (χ1) is 9.53. The minimum atomic E-state index is -0.0445. The van der Waals surface area contributed by atoms with E-state index in [4.69, 9.17) is 5.26 Å². The fourth-order valence-corrected chi connectivity index (χ4v) is 2.25. The summed E-state index contributed by atoms with van der Waals surface area (Å²) in [6.45, 7) is 9.14. The van der Waals surface area contributed by atoms with E-state index in [1.54, 1.807) is 12.1 Å². The second-order valence-electron chi connectivity index (χ2n) is 5.37. The zero-order valence-electron chi connectivity index (χ0n) is 12.8. The highest BCUT2D eigenvalue weighted by Crippen LogP contribution is 2.15. The first-order valence-corrected chi connectivity index (χ1v) is 7.20. The molecular weight excluding hydrogens is 250 g/mol. The average molecular weight is 273 g/mol. The van der Waals surface area contributed by atoms with Crippen molar-refractivity contribution in [3.63, 3.8) is 0 Å². The predicted octanol–water partition coefficient (Wildman–Crippen LogP) is 3.24. The molecule has 0 atom stereocenters. The van der Waals surface area contributed by atoms with Gasteiger partial charge in [-0.2, -0.15) is 5.26 Å². The second-order valence-corrected chi connectivity index (χ2v) is 5.37. The maximum absolute atomic E-state index is 12.6. The minimum Gasteiger partial charge on any atom is -0.334 e. The summed E-state index contributed by atoms with van der Waals surface area (Å²) in [7, 11) is 0. The quantitative estimate of drug-likeness (QED) is 0.799. The van der Waals surface area contributed by atoms with Gasteiger partial charge in [-0.3, -0.25) is 4.79 Å². The van der Waals surface area contributed by atoms with Crippen LogP contribution in [0.1, 0.15) is 56.6 Å². The van der Waals surface area contributed by atoms with E-state index in [0.717, 1.165) is 19.4 Å². The summed E-state index contributed by atoms with van der Waals surface area (Å²) in [6.07, 6.45) is 3.32. The van der Waals surface area contributed by atoms with Crippen molar-refractivity contribution in [1.82, 2.24) is 9.88 Å². The molecule has 1 rings (SSSR count). The molecule has 20 heavy (non-hydrogen) atoms. The Morgan fingerprint density at radius 3 is 2.40 bits per heavy atom. The first kappa shape index (κ1) is 16.2. The maximum Gasteiger partial charge on any atom is 0.272 e. The van der Waals surface area contributed by atoms with Gasteiger partial charge in [-0.05, 0) is 30.9 Å². The highest BCUT2D eigenvalue weighted by Gasteiger charge is 2.23. The standard InChI is InChI=1S/C16H23N3O/c1-5-14(6-2)19(11-12(3)4)16(20)15-8-7-13(9-17)10-18-15/h7-8,10,12,14H,5-6,11H2,1-4H3.